The van der Waals surface area contributed by atoms with Gasteiger partial charge < -0.3 is 9.80 Å². The van der Waals surface area contributed by atoms with E-state index in [1.165, 1.54) is 27.3 Å². The minimum atomic E-state index is 1.04. The second-order valence-electron chi connectivity index (χ2n) is 6.95. The SMILES string of the molecule is CCN(CC)CCCN(CCCN(CC)CC)n1ncc2cc(I)ccc21. The molecule has 0 fully saturated rings. The van der Waals surface area contributed by atoms with Crippen molar-refractivity contribution in [3.8, 4) is 0 Å². The van der Waals surface area contributed by atoms with Gasteiger partial charge in [0.25, 0.3) is 0 Å². The Bertz CT molecular complexity index is 646. The van der Waals surface area contributed by atoms with E-state index in [1.54, 1.807) is 0 Å². The van der Waals surface area contributed by atoms with E-state index in [-0.39, 0.29) is 0 Å². The number of fused-ring (bicyclic) bond motifs is 1. The van der Waals surface area contributed by atoms with Gasteiger partial charge in [-0.2, -0.15) is 9.89 Å². The summed E-state index contributed by atoms with van der Waals surface area (Å²) < 4.78 is 1.26. The minimum Gasteiger partial charge on any atom is -0.304 e. The maximum atomic E-state index is 4.72. The summed E-state index contributed by atoms with van der Waals surface area (Å²) in [6.07, 6.45) is 4.33. The molecular weight excluding hydrogens is 449 g/mol. The largest absolute Gasteiger partial charge is 0.304 e. The van der Waals surface area contributed by atoms with E-state index in [2.05, 4.69) is 88.1 Å². The molecule has 5 nitrogen and oxygen atoms in total. The molecule has 0 unspecified atom stereocenters. The van der Waals surface area contributed by atoms with Crippen LogP contribution in [0.15, 0.2) is 24.4 Å². The molecule has 0 aliphatic carbocycles. The van der Waals surface area contributed by atoms with Crippen LogP contribution < -0.4 is 5.01 Å². The molecule has 2 rings (SSSR count). The maximum absolute atomic E-state index is 4.72. The molecule has 0 amide bonds. The van der Waals surface area contributed by atoms with Crippen molar-refractivity contribution in [2.75, 3.05) is 57.4 Å². The zero-order chi connectivity index (χ0) is 19.6. The molecule has 2 aromatic rings. The molecule has 6 heteroatoms. The third-order valence-corrected chi connectivity index (χ3v) is 6.02. The maximum Gasteiger partial charge on any atom is 0.0921 e. The molecule has 0 aliphatic rings. The van der Waals surface area contributed by atoms with E-state index in [4.69, 9.17) is 5.10 Å². The van der Waals surface area contributed by atoms with Crippen LogP contribution in [0.4, 0.5) is 0 Å². The van der Waals surface area contributed by atoms with E-state index < -0.39 is 0 Å². The lowest BCUT2D eigenvalue weighted by Crippen LogP contribution is -2.40. The fourth-order valence-electron chi connectivity index (χ4n) is 3.55. The van der Waals surface area contributed by atoms with Crippen molar-refractivity contribution in [2.45, 2.75) is 40.5 Å². The number of hydrogen-bond acceptors (Lipinski definition) is 4. The Morgan fingerprint density at radius 2 is 1.41 bits per heavy atom. The molecule has 1 heterocycles. The smallest absolute Gasteiger partial charge is 0.0921 e. The fraction of sp³-hybridized carbons (Fsp3) is 0.667. The number of halogens is 1. The predicted octanol–water partition coefficient (Wildman–Crippen LogP) is 4.04. The number of nitrogens with zero attached hydrogens (tertiary/aromatic N) is 5. The summed E-state index contributed by atoms with van der Waals surface area (Å²) in [7, 11) is 0. The van der Waals surface area contributed by atoms with Crippen LogP contribution >= 0.6 is 22.6 Å². The van der Waals surface area contributed by atoms with Crippen molar-refractivity contribution in [2.24, 2.45) is 0 Å². The van der Waals surface area contributed by atoms with E-state index >= 15 is 0 Å². The van der Waals surface area contributed by atoms with Crippen molar-refractivity contribution >= 4 is 33.5 Å². The summed E-state index contributed by atoms with van der Waals surface area (Å²) >= 11 is 2.37. The van der Waals surface area contributed by atoms with Crippen molar-refractivity contribution in [1.29, 1.82) is 0 Å². The predicted molar refractivity (Wildman–Crippen MR) is 125 cm³/mol. The Labute approximate surface area is 178 Å². The first kappa shape index (κ1) is 22.4. The van der Waals surface area contributed by atoms with Crippen molar-refractivity contribution in [3.05, 3.63) is 28.0 Å². The molecule has 0 bridgehead atoms. The standard InChI is InChI=1S/C21H36IN5/c1-5-24(6-2)13-9-15-26(16-10-14-25(7-3)8-4)27-21-12-11-20(22)17-19(21)18-23-27/h11-12,17-18H,5-10,13-16H2,1-4H3. The van der Waals surface area contributed by atoms with Gasteiger partial charge in [0, 0.05) is 22.0 Å². The first-order valence-corrected chi connectivity index (χ1v) is 11.5. The second kappa shape index (κ2) is 11.9. The van der Waals surface area contributed by atoms with Gasteiger partial charge in [0.05, 0.1) is 11.7 Å². The van der Waals surface area contributed by atoms with Crippen molar-refractivity contribution < 1.29 is 0 Å². The van der Waals surface area contributed by atoms with Gasteiger partial charge in [-0.05, 0) is 92.9 Å². The summed E-state index contributed by atoms with van der Waals surface area (Å²) in [6.45, 7) is 17.9. The minimum absolute atomic E-state index is 1.04. The van der Waals surface area contributed by atoms with Crippen LogP contribution in [-0.4, -0.2) is 72.0 Å². The summed E-state index contributed by atoms with van der Waals surface area (Å²) in [6, 6.07) is 6.58. The Hall–Kier alpha value is -0.860. The summed E-state index contributed by atoms with van der Waals surface area (Å²) in [4.78, 5) is 7.13. The lowest BCUT2D eigenvalue weighted by Gasteiger charge is -2.28. The average molecular weight is 485 g/mol. The molecule has 0 saturated heterocycles. The van der Waals surface area contributed by atoms with Crippen molar-refractivity contribution in [1.82, 2.24) is 19.7 Å². The van der Waals surface area contributed by atoms with E-state index in [0.717, 1.165) is 52.4 Å². The quantitative estimate of drug-likeness (QED) is 0.401. The Morgan fingerprint density at radius 1 is 0.852 bits per heavy atom. The van der Waals surface area contributed by atoms with Gasteiger partial charge in [0.2, 0.25) is 0 Å². The van der Waals surface area contributed by atoms with Gasteiger partial charge >= 0.3 is 0 Å². The third kappa shape index (κ3) is 6.61. The van der Waals surface area contributed by atoms with Crippen LogP contribution in [0.2, 0.25) is 0 Å². The van der Waals surface area contributed by atoms with Crippen LogP contribution in [0.5, 0.6) is 0 Å². The number of hydrogen-bond donors (Lipinski definition) is 0. The van der Waals surface area contributed by atoms with E-state index in [0.29, 0.717) is 0 Å². The highest BCUT2D eigenvalue weighted by Gasteiger charge is 2.12. The highest BCUT2D eigenvalue weighted by molar-refractivity contribution is 14.1. The molecule has 0 radical (unpaired) electrons. The highest BCUT2D eigenvalue weighted by Crippen LogP contribution is 2.17. The van der Waals surface area contributed by atoms with Gasteiger partial charge in [-0.15, -0.1) is 0 Å². The zero-order valence-electron chi connectivity index (χ0n) is 17.5. The van der Waals surface area contributed by atoms with Crippen molar-refractivity contribution in [3.63, 3.8) is 0 Å². The van der Waals surface area contributed by atoms with E-state index in [9.17, 15) is 0 Å². The summed E-state index contributed by atoms with van der Waals surface area (Å²) in [5, 5.41) is 8.38. The summed E-state index contributed by atoms with van der Waals surface area (Å²) in [5.74, 6) is 0. The van der Waals surface area contributed by atoms with Crippen LogP contribution in [-0.2, 0) is 0 Å². The number of aromatic nitrogens is 2. The van der Waals surface area contributed by atoms with Gasteiger partial charge in [-0.3, -0.25) is 5.01 Å². The van der Waals surface area contributed by atoms with Crippen LogP contribution in [0, 0.1) is 3.57 Å². The first-order valence-electron chi connectivity index (χ1n) is 10.5. The monoisotopic (exact) mass is 485 g/mol. The fourth-order valence-corrected chi connectivity index (χ4v) is 4.07. The molecule has 0 aliphatic heterocycles. The second-order valence-corrected chi connectivity index (χ2v) is 8.20. The topological polar surface area (TPSA) is 27.5 Å². The number of rotatable bonds is 13. The van der Waals surface area contributed by atoms with Gasteiger partial charge in [0.15, 0.2) is 0 Å². The Kier molecular flexibility index (Phi) is 9.86. The zero-order valence-corrected chi connectivity index (χ0v) is 19.7. The molecule has 0 saturated carbocycles. The third-order valence-electron chi connectivity index (χ3n) is 5.35. The molecule has 0 spiro atoms. The molecule has 0 N–H and O–H groups in total. The lowest BCUT2D eigenvalue weighted by atomic mass is 10.2. The Balaban J connectivity index is 2.07. The van der Waals surface area contributed by atoms with Gasteiger partial charge in [-0.25, -0.2) is 0 Å². The van der Waals surface area contributed by atoms with Gasteiger partial charge in [-0.1, -0.05) is 27.7 Å². The lowest BCUT2D eigenvalue weighted by molar-refractivity contribution is 0.288. The Morgan fingerprint density at radius 3 is 1.93 bits per heavy atom. The van der Waals surface area contributed by atoms with Crippen LogP contribution in [0.25, 0.3) is 10.9 Å². The van der Waals surface area contributed by atoms with Gasteiger partial charge in [0.1, 0.15) is 0 Å². The number of benzene rings is 1. The van der Waals surface area contributed by atoms with Crippen LogP contribution in [0.3, 0.4) is 0 Å². The molecule has 27 heavy (non-hydrogen) atoms. The first-order chi connectivity index (χ1) is 13.1. The molecule has 0 atom stereocenters. The molecular formula is C21H36IN5. The molecule has 1 aromatic heterocycles. The highest BCUT2D eigenvalue weighted by atomic mass is 127. The normalized spacial score (nSPS) is 11.8. The summed E-state index contributed by atoms with van der Waals surface area (Å²) in [5.41, 5.74) is 1.21. The molecule has 1 aromatic carbocycles. The van der Waals surface area contributed by atoms with Crippen LogP contribution in [0.1, 0.15) is 40.5 Å². The van der Waals surface area contributed by atoms with E-state index in [1.807, 2.05) is 6.20 Å². The average Bonchev–Trinajstić information content (AvgIpc) is 3.10. The molecule has 152 valence electrons.